The molecule has 2 aromatic carbocycles. The van der Waals surface area contributed by atoms with Crippen LogP contribution in [0.1, 0.15) is 62.6 Å². The molecule has 4 heterocycles. The Hall–Kier alpha value is -3.57. The van der Waals surface area contributed by atoms with Crippen molar-refractivity contribution in [3.05, 3.63) is 81.1 Å². The Balaban J connectivity index is 1.17. The molecule has 0 bridgehead atoms. The number of benzene rings is 2. The minimum atomic E-state index is -0.500. The van der Waals surface area contributed by atoms with Gasteiger partial charge in [0, 0.05) is 48.4 Å². The number of aromatic nitrogens is 3. The second kappa shape index (κ2) is 14.2. The van der Waals surface area contributed by atoms with Crippen LogP contribution < -0.4 is 21.6 Å². The second-order valence-electron chi connectivity index (χ2n) is 12.2. The summed E-state index contributed by atoms with van der Waals surface area (Å²) in [7, 11) is 0. The predicted octanol–water partition coefficient (Wildman–Crippen LogP) is 5.64. The van der Waals surface area contributed by atoms with E-state index in [1.807, 2.05) is 24.3 Å². The third kappa shape index (κ3) is 7.64. The second-order valence-corrected chi connectivity index (χ2v) is 12.6. The molecule has 45 heavy (non-hydrogen) atoms. The number of fused-ring (bicyclic) bond motifs is 1. The quantitative estimate of drug-likeness (QED) is 0.114. The van der Waals surface area contributed by atoms with Gasteiger partial charge in [0.15, 0.2) is 5.82 Å². The highest BCUT2D eigenvalue weighted by Gasteiger charge is 2.22. The van der Waals surface area contributed by atoms with Gasteiger partial charge in [0.25, 0.3) is 0 Å². The molecular weight excluding hydrogens is 593 g/mol. The van der Waals surface area contributed by atoms with Crippen molar-refractivity contribution in [2.75, 3.05) is 26.3 Å². The molecule has 9 nitrogen and oxygen atoms in total. The third-order valence-electron chi connectivity index (χ3n) is 8.84. The topological polar surface area (TPSA) is 120 Å². The first-order chi connectivity index (χ1) is 21.8. The molecule has 0 aliphatic carbocycles. The van der Waals surface area contributed by atoms with Crippen molar-refractivity contribution in [2.24, 2.45) is 0 Å². The molecule has 0 saturated carbocycles. The largest absolute Gasteiger partial charge is 0.379 e. The first-order valence-corrected chi connectivity index (χ1v) is 16.3. The van der Waals surface area contributed by atoms with E-state index in [0.717, 1.165) is 70.2 Å². The monoisotopic (exact) mass is 633 g/mol. The molecule has 5 N–H and O–H groups in total. The minimum Gasteiger partial charge on any atom is -0.379 e. The molecule has 6 rings (SSSR count). The van der Waals surface area contributed by atoms with Crippen LogP contribution in [0.3, 0.4) is 0 Å². The molecule has 0 radical (unpaired) electrons. The number of piperidine rings is 1. The zero-order valence-electron chi connectivity index (χ0n) is 25.6. The van der Waals surface area contributed by atoms with Crippen LogP contribution >= 0.6 is 11.6 Å². The molecule has 2 aliphatic heterocycles. The van der Waals surface area contributed by atoms with Gasteiger partial charge in [0.1, 0.15) is 5.65 Å². The Bertz CT molecular complexity index is 1700. The van der Waals surface area contributed by atoms with Crippen LogP contribution in [0.2, 0.25) is 5.02 Å². The predicted molar refractivity (Wildman–Crippen MR) is 177 cm³/mol. The molecule has 11 heteroatoms. The van der Waals surface area contributed by atoms with Crippen molar-refractivity contribution >= 4 is 28.5 Å². The fraction of sp³-hybridized carbons (Fsp3) is 0.441. The van der Waals surface area contributed by atoms with E-state index in [4.69, 9.17) is 21.7 Å². The number of hydrogen-bond acceptors (Lipinski definition) is 6. The average molecular weight is 634 g/mol. The van der Waals surface area contributed by atoms with Gasteiger partial charge in [-0.2, -0.15) is 4.98 Å². The number of ether oxygens (including phenoxy) is 1. The summed E-state index contributed by atoms with van der Waals surface area (Å²) in [4.78, 5) is 20.5. The van der Waals surface area contributed by atoms with Crippen molar-refractivity contribution in [3.8, 4) is 16.9 Å². The summed E-state index contributed by atoms with van der Waals surface area (Å²) in [6, 6.07) is 14.3. The number of aryl methyl sites for hydroxylation is 1. The number of nitrogens with zero attached hydrogens (tertiary/aromatic N) is 2. The highest BCUT2D eigenvalue weighted by molar-refractivity contribution is 6.31. The lowest BCUT2D eigenvalue weighted by Gasteiger charge is -2.31. The highest BCUT2D eigenvalue weighted by Crippen LogP contribution is 2.32. The summed E-state index contributed by atoms with van der Waals surface area (Å²) in [6.07, 6.45) is 8.70. The third-order valence-corrected chi connectivity index (χ3v) is 9.12. The first-order valence-electron chi connectivity index (χ1n) is 15.9. The molecule has 2 aromatic heterocycles. The lowest BCUT2D eigenvalue weighted by Crippen LogP contribution is -2.41. The van der Waals surface area contributed by atoms with Gasteiger partial charge in [-0.15, -0.1) is 0 Å². The maximum atomic E-state index is 15.3. The number of aromatic amines is 1. The van der Waals surface area contributed by atoms with Crippen LogP contribution in [-0.4, -0.2) is 58.8 Å². The maximum Gasteiger partial charge on any atom is 0.354 e. The van der Waals surface area contributed by atoms with E-state index in [1.54, 1.807) is 19.2 Å². The van der Waals surface area contributed by atoms with Crippen molar-refractivity contribution in [1.29, 1.82) is 5.41 Å². The fourth-order valence-corrected chi connectivity index (χ4v) is 6.72. The van der Waals surface area contributed by atoms with Crippen LogP contribution in [0.25, 0.3) is 28.0 Å². The van der Waals surface area contributed by atoms with Gasteiger partial charge < -0.3 is 25.7 Å². The SMILES string of the molecule is CC(=N)NCC[C@@H]1CCC[C@@H](c2ccc(-n3cc4cc(-c5cc(CCC[C@@H]6COCCN6)cc(Cl)c5F)[nH]c4nc3=O)cc2)N1. The Morgan fingerprint density at radius 3 is 2.80 bits per heavy atom. The summed E-state index contributed by atoms with van der Waals surface area (Å²) in [5.41, 5.74) is 3.72. The zero-order chi connectivity index (χ0) is 31.3. The van der Waals surface area contributed by atoms with Gasteiger partial charge in [0.2, 0.25) is 0 Å². The smallest absolute Gasteiger partial charge is 0.354 e. The van der Waals surface area contributed by atoms with Crippen molar-refractivity contribution in [1.82, 2.24) is 30.5 Å². The van der Waals surface area contributed by atoms with Crippen molar-refractivity contribution < 1.29 is 9.13 Å². The first kappa shape index (κ1) is 31.4. The lowest BCUT2D eigenvalue weighted by atomic mass is 9.92. The van der Waals surface area contributed by atoms with Crippen LogP contribution in [0, 0.1) is 11.2 Å². The van der Waals surface area contributed by atoms with Crippen LogP contribution in [0.4, 0.5) is 4.39 Å². The van der Waals surface area contributed by atoms with Gasteiger partial charge in [-0.05, 0) is 86.9 Å². The number of halogens is 2. The molecule has 3 atom stereocenters. The summed E-state index contributed by atoms with van der Waals surface area (Å²) in [5.74, 6) is -0.00723. The molecule has 0 unspecified atom stereocenters. The molecule has 2 aliphatic rings. The average Bonchev–Trinajstić information content (AvgIpc) is 3.45. The van der Waals surface area contributed by atoms with Gasteiger partial charge in [-0.25, -0.2) is 9.18 Å². The number of amidine groups is 1. The Morgan fingerprint density at radius 1 is 1.18 bits per heavy atom. The molecule has 0 spiro atoms. The van der Waals surface area contributed by atoms with Gasteiger partial charge >= 0.3 is 5.69 Å². The van der Waals surface area contributed by atoms with E-state index >= 15 is 4.39 Å². The Kier molecular flexibility index (Phi) is 9.94. The van der Waals surface area contributed by atoms with Gasteiger partial charge in [-0.1, -0.05) is 30.2 Å². The van der Waals surface area contributed by atoms with Crippen LogP contribution in [0.15, 0.2) is 53.5 Å². The number of nitrogens with one attached hydrogen (secondary N) is 5. The maximum absolute atomic E-state index is 15.3. The Labute approximate surface area is 267 Å². The number of hydrogen-bond donors (Lipinski definition) is 5. The highest BCUT2D eigenvalue weighted by atomic mass is 35.5. The molecule has 2 fully saturated rings. The van der Waals surface area contributed by atoms with Gasteiger partial charge in [-0.3, -0.25) is 9.98 Å². The summed E-state index contributed by atoms with van der Waals surface area (Å²) in [6.45, 7) is 4.88. The molecular formula is C34H41ClFN7O2. The number of rotatable bonds is 10. The van der Waals surface area contributed by atoms with E-state index in [1.165, 1.54) is 10.1 Å². The van der Waals surface area contributed by atoms with E-state index in [0.29, 0.717) is 52.5 Å². The van der Waals surface area contributed by atoms with Crippen LogP contribution in [0.5, 0.6) is 0 Å². The zero-order valence-corrected chi connectivity index (χ0v) is 26.4. The summed E-state index contributed by atoms with van der Waals surface area (Å²) < 4.78 is 22.3. The lowest BCUT2D eigenvalue weighted by molar-refractivity contribution is 0.0736. The molecule has 2 saturated heterocycles. The van der Waals surface area contributed by atoms with E-state index < -0.39 is 11.5 Å². The summed E-state index contributed by atoms with van der Waals surface area (Å²) in [5, 5.41) is 18.7. The fourth-order valence-electron chi connectivity index (χ4n) is 6.48. The number of H-pyrrole nitrogens is 1. The minimum absolute atomic E-state index is 0.0739. The normalized spacial score (nSPS) is 20.4. The molecule has 0 amide bonds. The van der Waals surface area contributed by atoms with Crippen molar-refractivity contribution in [2.45, 2.75) is 70.0 Å². The van der Waals surface area contributed by atoms with E-state index in [9.17, 15) is 4.79 Å². The van der Waals surface area contributed by atoms with E-state index in [-0.39, 0.29) is 11.1 Å². The van der Waals surface area contributed by atoms with E-state index in [2.05, 4.69) is 38.1 Å². The summed E-state index contributed by atoms with van der Waals surface area (Å²) >= 11 is 6.33. The Morgan fingerprint density at radius 2 is 2.02 bits per heavy atom. The van der Waals surface area contributed by atoms with Crippen molar-refractivity contribution in [3.63, 3.8) is 0 Å². The van der Waals surface area contributed by atoms with Crippen LogP contribution in [-0.2, 0) is 11.2 Å². The number of morpholine rings is 1. The molecule has 238 valence electrons. The standard InChI is InChI=1S/C34H41ClFN7O2/c1-21(37)38-13-12-25-5-3-7-30(40-25)23-8-10-27(11-9-23)43-19-24-18-31(41-33(24)42-34(43)44)28-16-22(17-29(35)32(28)36)4-2-6-26-20-45-15-14-39-26/h8-11,16-19,25-26,30,39-40H,2-7,12-15,20H2,1H3,(H2,37,38)(H,41,42,44)/t25-,26+,30-/m0/s1. The molecule has 4 aromatic rings. The van der Waals surface area contributed by atoms with Gasteiger partial charge in [0.05, 0.1) is 35.5 Å².